The van der Waals surface area contributed by atoms with Crippen molar-refractivity contribution in [1.82, 2.24) is 5.32 Å². The summed E-state index contributed by atoms with van der Waals surface area (Å²) >= 11 is 0. The molecule has 0 saturated carbocycles. The molecule has 1 saturated heterocycles. The Morgan fingerprint density at radius 2 is 2.19 bits per heavy atom. The molecular formula is C12H17FN2O. The molecule has 3 nitrogen and oxygen atoms in total. The number of nitrogens with zero attached hydrogens (tertiary/aromatic N) is 1. The lowest BCUT2D eigenvalue weighted by Gasteiger charge is -2.24. The number of ether oxygens (including phenoxy) is 1. The molecule has 0 unspecified atom stereocenters. The Balaban J connectivity index is 2.25. The molecule has 2 rings (SSSR count). The average molecular weight is 224 g/mol. The van der Waals surface area contributed by atoms with E-state index in [0.29, 0.717) is 0 Å². The van der Waals surface area contributed by atoms with E-state index in [-0.39, 0.29) is 5.82 Å². The lowest BCUT2D eigenvalue weighted by Crippen LogP contribution is -2.28. The predicted octanol–water partition coefficient (Wildman–Crippen LogP) is 1.63. The first-order valence-electron chi connectivity index (χ1n) is 5.60. The number of anilines is 1. The fraction of sp³-hybridized carbons (Fsp3) is 0.500. The van der Waals surface area contributed by atoms with Crippen molar-refractivity contribution in [2.75, 3.05) is 38.2 Å². The highest BCUT2D eigenvalue weighted by atomic mass is 19.1. The Bertz CT molecular complexity index is 349. The van der Waals surface area contributed by atoms with Gasteiger partial charge in [-0.3, -0.25) is 0 Å². The zero-order valence-corrected chi connectivity index (χ0v) is 9.50. The average Bonchev–Trinajstić information content (AvgIpc) is 2.57. The van der Waals surface area contributed by atoms with Crippen molar-refractivity contribution in [2.24, 2.45) is 0 Å². The van der Waals surface area contributed by atoms with Crippen LogP contribution in [-0.2, 0) is 0 Å². The maximum atomic E-state index is 13.2. The molecule has 0 aliphatic carbocycles. The molecule has 1 aliphatic heterocycles. The number of nitrogens with one attached hydrogen (secondary N) is 1. The number of rotatable bonds is 2. The zero-order valence-electron chi connectivity index (χ0n) is 9.50. The van der Waals surface area contributed by atoms with Crippen molar-refractivity contribution in [2.45, 2.75) is 6.42 Å². The van der Waals surface area contributed by atoms with Crippen LogP contribution in [0, 0.1) is 5.82 Å². The molecular weight excluding hydrogens is 207 g/mol. The number of benzene rings is 1. The number of methoxy groups -OCH3 is 1. The molecule has 1 aliphatic rings. The van der Waals surface area contributed by atoms with Gasteiger partial charge in [0.1, 0.15) is 11.6 Å². The number of hydrogen-bond acceptors (Lipinski definition) is 3. The number of halogens is 1. The van der Waals surface area contributed by atoms with Gasteiger partial charge in [-0.1, -0.05) is 0 Å². The van der Waals surface area contributed by atoms with Crippen LogP contribution in [0.25, 0.3) is 0 Å². The third-order valence-corrected chi connectivity index (χ3v) is 2.82. The smallest absolute Gasteiger partial charge is 0.142 e. The fourth-order valence-electron chi connectivity index (χ4n) is 2.00. The Morgan fingerprint density at radius 1 is 1.31 bits per heavy atom. The first-order chi connectivity index (χ1) is 7.81. The summed E-state index contributed by atoms with van der Waals surface area (Å²) in [4.78, 5) is 2.17. The summed E-state index contributed by atoms with van der Waals surface area (Å²) in [6, 6.07) is 4.66. The molecule has 88 valence electrons. The van der Waals surface area contributed by atoms with E-state index >= 15 is 0 Å². The second-order valence-corrected chi connectivity index (χ2v) is 3.91. The minimum atomic E-state index is -0.215. The first-order valence-corrected chi connectivity index (χ1v) is 5.60. The molecule has 16 heavy (non-hydrogen) atoms. The Labute approximate surface area is 95.2 Å². The van der Waals surface area contributed by atoms with E-state index in [9.17, 15) is 4.39 Å². The molecule has 0 amide bonds. The van der Waals surface area contributed by atoms with Crippen LogP contribution in [-0.4, -0.2) is 33.3 Å². The highest BCUT2D eigenvalue weighted by Crippen LogP contribution is 2.29. The molecule has 4 heteroatoms. The molecule has 0 aromatic heterocycles. The predicted molar refractivity (Wildman–Crippen MR) is 62.7 cm³/mol. The molecule has 1 aromatic carbocycles. The van der Waals surface area contributed by atoms with Gasteiger partial charge in [0.25, 0.3) is 0 Å². The van der Waals surface area contributed by atoms with Crippen molar-refractivity contribution in [1.29, 1.82) is 0 Å². The van der Waals surface area contributed by atoms with Crippen LogP contribution in [0.15, 0.2) is 18.2 Å². The molecule has 0 atom stereocenters. The zero-order chi connectivity index (χ0) is 11.4. The van der Waals surface area contributed by atoms with Crippen LogP contribution in [0.2, 0.25) is 0 Å². The van der Waals surface area contributed by atoms with Gasteiger partial charge in [0.05, 0.1) is 12.8 Å². The lowest BCUT2D eigenvalue weighted by atomic mass is 10.2. The maximum absolute atomic E-state index is 13.2. The van der Waals surface area contributed by atoms with Gasteiger partial charge in [0, 0.05) is 25.7 Å². The summed E-state index contributed by atoms with van der Waals surface area (Å²) in [6.45, 7) is 3.78. The molecule has 0 bridgehead atoms. The largest absolute Gasteiger partial charge is 0.495 e. The van der Waals surface area contributed by atoms with E-state index < -0.39 is 0 Å². The standard InChI is InChI=1S/C12H17FN2O/c1-16-12-4-3-10(13)9-11(12)15-7-2-5-14-6-8-15/h3-4,9,14H,2,5-8H2,1H3. The summed E-state index contributed by atoms with van der Waals surface area (Å²) in [7, 11) is 1.62. The van der Waals surface area contributed by atoms with Crippen molar-refractivity contribution >= 4 is 5.69 Å². The lowest BCUT2D eigenvalue weighted by molar-refractivity contribution is 0.413. The Hall–Kier alpha value is -1.29. The van der Waals surface area contributed by atoms with Gasteiger partial charge in [0.2, 0.25) is 0 Å². The normalized spacial score (nSPS) is 17.0. The van der Waals surface area contributed by atoms with Crippen LogP contribution in [0.4, 0.5) is 10.1 Å². The van der Waals surface area contributed by atoms with E-state index in [4.69, 9.17) is 4.74 Å². The van der Waals surface area contributed by atoms with Gasteiger partial charge in [0.15, 0.2) is 0 Å². The third-order valence-electron chi connectivity index (χ3n) is 2.82. The van der Waals surface area contributed by atoms with E-state index in [1.54, 1.807) is 19.2 Å². The van der Waals surface area contributed by atoms with Crippen molar-refractivity contribution in [3.8, 4) is 5.75 Å². The Morgan fingerprint density at radius 3 is 3.00 bits per heavy atom. The minimum Gasteiger partial charge on any atom is -0.495 e. The second-order valence-electron chi connectivity index (χ2n) is 3.91. The second kappa shape index (κ2) is 5.16. The van der Waals surface area contributed by atoms with Crippen LogP contribution >= 0.6 is 0 Å². The SMILES string of the molecule is COc1ccc(F)cc1N1CCCNCC1. The summed E-state index contributed by atoms with van der Waals surface area (Å²) in [6.07, 6.45) is 1.07. The van der Waals surface area contributed by atoms with E-state index in [1.807, 2.05) is 0 Å². The summed E-state index contributed by atoms with van der Waals surface area (Å²) in [5.41, 5.74) is 0.853. The van der Waals surface area contributed by atoms with Crippen LogP contribution in [0.5, 0.6) is 5.75 Å². The molecule has 1 aromatic rings. The molecule has 1 heterocycles. The highest BCUT2D eigenvalue weighted by Gasteiger charge is 2.14. The van der Waals surface area contributed by atoms with Gasteiger partial charge in [-0.2, -0.15) is 0 Å². The van der Waals surface area contributed by atoms with Gasteiger partial charge in [-0.25, -0.2) is 4.39 Å². The first kappa shape index (κ1) is 11.2. The van der Waals surface area contributed by atoms with Crippen molar-refractivity contribution in [3.63, 3.8) is 0 Å². The molecule has 0 spiro atoms. The minimum absolute atomic E-state index is 0.215. The fourth-order valence-corrected chi connectivity index (χ4v) is 2.00. The van der Waals surface area contributed by atoms with Gasteiger partial charge in [-0.05, 0) is 25.1 Å². The van der Waals surface area contributed by atoms with Gasteiger partial charge in [-0.15, -0.1) is 0 Å². The van der Waals surface area contributed by atoms with Crippen molar-refractivity contribution in [3.05, 3.63) is 24.0 Å². The van der Waals surface area contributed by atoms with Crippen LogP contribution in [0.1, 0.15) is 6.42 Å². The van der Waals surface area contributed by atoms with Crippen LogP contribution in [0.3, 0.4) is 0 Å². The van der Waals surface area contributed by atoms with Gasteiger partial charge < -0.3 is 15.0 Å². The Kier molecular flexibility index (Phi) is 3.62. The number of hydrogen-bond donors (Lipinski definition) is 1. The monoisotopic (exact) mass is 224 g/mol. The molecule has 1 fully saturated rings. The topological polar surface area (TPSA) is 24.5 Å². The molecule has 0 radical (unpaired) electrons. The third kappa shape index (κ3) is 2.44. The van der Waals surface area contributed by atoms with E-state index in [2.05, 4.69) is 10.2 Å². The van der Waals surface area contributed by atoms with E-state index in [0.717, 1.165) is 44.0 Å². The summed E-state index contributed by atoms with van der Waals surface area (Å²) in [5, 5.41) is 3.32. The van der Waals surface area contributed by atoms with Crippen molar-refractivity contribution < 1.29 is 9.13 Å². The molecule has 1 N–H and O–H groups in total. The quantitative estimate of drug-likeness (QED) is 0.826. The van der Waals surface area contributed by atoms with Crippen LogP contribution < -0.4 is 15.0 Å². The van der Waals surface area contributed by atoms with Gasteiger partial charge >= 0.3 is 0 Å². The summed E-state index contributed by atoms with van der Waals surface area (Å²) in [5.74, 6) is 0.524. The summed E-state index contributed by atoms with van der Waals surface area (Å²) < 4.78 is 18.5. The highest BCUT2D eigenvalue weighted by molar-refractivity contribution is 5.58. The maximum Gasteiger partial charge on any atom is 0.142 e. The van der Waals surface area contributed by atoms with E-state index in [1.165, 1.54) is 6.07 Å².